The van der Waals surface area contributed by atoms with Gasteiger partial charge in [0.05, 0.1) is 0 Å². The zero-order chi connectivity index (χ0) is 5.70. The summed E-state index contributed by atoms with van der Waals surface area (Å²) >= 11 is 0. The number of carboxylic acid groups (broad SMARTS) is 1. The van der Waals surface area contributed by atoms with Crippen molar-refractivity contribution in [1.29, 1.82) is 5.26 Å². The monoisotopic (exact) mass is 96.0 g/mol. The predicted molar refractivity (Wildman–Crippen MR) is 21.0 cm³/mol. The van der Waals surface area contributed by atoms with Crippen molar-refractivity contribution in [3.63, 3.8) is 0 Å². The summed E-state index contributed by atoms with van der Waals surface area (Å²) in [5.41, 5.74) is 0. The van der Waals surface area contributed by atoms with E-state index in [2.05, 4.69) is 0 Å². The number of hydrogen-bond donors (Lipinski definition) is 1. The third-order valence-corrected chi connectivity index (χ3v) is 0.225. The van der Waals surface area contributed by atoms with E-state index in [4.69, 9.17) is 10.4 Å². The molecule has 0 atom stereocenters. The third-order valence-electron chi connectivity index (χ3n) is 0.225. The number of nitrogens with zero attached hydrogens (tertiary/aromatic N) is 1. The van der Waals surface area contributed by atoms with Crippen molar-refractivity contribution >= 4 is 5.97 Å². The number of aliphatic carboxylic acids is 1. The van der Waals surface area contributed by atoms with Crippen molar-refractivity contribution in [3.05, 3.63) is 0 Å². The van der Waals surface area contributed by atoms with E-state index in [0.29, 0.717) is 0 Å². The van der Waals surface area contributed by atoms with Gasteiger partial charge in [-0.3, -0.25) is 0 Å². The van der Waals surface area contributed by atoms with Gasteiger partial charge in [0.15, 0.2) is 6.07 Å². The molecule has 34 valence electrons. The SMILES string of the molecule is [15N]#CC#CC(=O)O. The number of hydrogen-bond acceptors (Lipinski definition) is 2. The number of rotatable bonds is 0. The molecule has 3 heteroatoms. The molecule has 0 saturated carbocycles. The summed E-state index contributed by atoms with van der Waals surface area (Å²) in [5.74, 6) is 2.03. The van der Waals surface area contributed by atoms with Crippen molar-refractivity contribution in [2.45, 2.75) is 0 Å². The summed E-state index contributed by atoms with van der Waals surface area (Å²) in [6.07, 6.45) is 0. The second-order valence-corrected chi connectivity index (χ2v) is 0.667. The lowest BCUT2D eigenvalue weighted by atomic mass is 10.6. The first-order valence-corrected chi connectivity index (χ1v) is 1.40. The number of carbonyl (C=O) groups is 1. The Morgan fingerprint density at radius 1 is 1.71 bits per heavy atom. The summed E-state index contributed by atoms with van der Waals surface area (Å²) in [7, 11) is 0. The average molecular weight is 96.1 g/mol. The standard InChI is InChI=1S/C4HNO2/c5-3-1-2-4(6)7/h(H,6,7)/i5+1. The average Bonchev–Trinajstić information content (AvgIpc) is 1.61. The van der Waals surface area contributed by atoms with Crippen molar-refractivity contribution in [1.82, 2.24) is 0 Å². The van der Waals surface area contributed by atoms with Crippen LogP contribution in [-0.2, 0) is 4.79 Å². The molecule has 1 N–H and O–H groups in total. The van der Waals surface area contributed by atoms with Gasteiger partial charge in [-0.05, 0) is 0 Å². The normalized spacial score (nSPS) is 5.00. The van der Waals surface area contributed by atoms with Crippen LogP contribution in [0.4, 0.5) is 0 Å². The molecule has 0 aromatic carbocycles. The van der Waals surface area contributed by atoms with E-state index in [0.717, 1.165) is 0 Å². The Bertz CT molecular complexity index is 166. The smallest absolute Gasteiger partial charge is 0.382 e. The first kappa shape index (κ1) is 5.52. The molecule has 7 heavy (non-hydrogen) atoms. The highest BCUT2D eigenvalue weighted by Crippen LogP contribution is 1.52. The highest BCUT2D eigenvalue weighted by molar-refractivity contribution is 5.86. The molecule has 0 heterocycles. The Hall–Kier alpha value is -1.48. The van der Waals surface area contributed by atoms with Crippen LogP contribution in [0.25, 0.3) is 0 Å². The molecule has 0 aliphatic rings. The predicted octanol–water partition coefficient (Wildman–Crippen LogP) is -0.402. The summed E-state index contributed by atoms with van der Waals surface area (Å²) in [6.45, 7) is 0. The highest BCUT2D eigenvalue weighted by Gasteiger charge is 1.78. The third kappa shape index (κ3) is 4.52. The van der Waals surface area contributed by atoms with Gasteiger partial charge >= 0.3 is 5.97 Å². The lowest BCUT2D eigenvalue weighted by molar-refractivity contribution is -0.130. The molecule has 0 aromatic heterocycles. The van der Waals surface area contributed by atoms with Gasteiger partial charge in [-0.15, -0.1) is 0 Å². The zero-order valence-electron chi connectivity index (χ0n) is 3.30. The molecule has 0 spiro atoms. The van der Waals surface area contributed by atoms with Gasteiger partial charge in [0, 0.05) is 11.8 Å². The summed E-state index contributed by atoms with van der Waals surface area (Å²) in [5, 5.41) is 15.3. The molecular formula is C4HNO2. The fourth-order valence-electron chi connectivity index (χ4n) is 0.0814. The van der Waals surface area contributed by atoms with Crippen LogP contribution in [0, 0.1) is 23.2 Å². The Morgan fingerprint density at radius 3 is 2.43 bits per heavy atom. The Balaban J connectivity index is 3.74. The first-order chi connectivity index (χ1) is 3.27. The first-order valence-electron chi connectivity index (χ1n) is 1.40. The van der Waals surface area contributed by atoms with E-state index in [1.807, 2.05) is 0 Å². The Morgan fingerprint density at radius 2 is 2.29 bits per heavy atom. The van der Waals surface area contributed by atoms with Crippen LogP contribution in [0.15, 0.2) is 0 Å². The summed E-state index contributed by atoms with van der Waals surface area (Å²) < 4.78 is 0. The van der Waals surface area contributed by atoms with Crippen LogP contribution in [0.3, 0.4) is 0 Å². The van der Waals surface area contributed by atoms with E-state index < -0.39 is 5.97 Å². The van der Waals surface area contributed by atoms with E-state index >= 15 is 0 Å². The van der Waals surface area contributed by atoms with E-state index in [1.54, 1.807) is 11.8 Å². The van der Waals surface area contributed by atoms with E-state index in [1.165, 1.54) is 6.07 Å². The molecule has 0 radical (unpaired) electrons. The van der Waals surface area contributed by atoms with Crippen molar-refractivity contribution in [2.75, 3.05) is 0 Å². The molecule has 0 saturated heterocycles. The molecule has 0 fully saturated rings. The van der Waals surface area contributed by atoms with Gasteiger partial charge in [0.1, 0.15) is 0 Å². The van der Waals surface area contributed by atoms with E-state index in [-0.39, 0.29) is 0 Å². The van der Waals surface area contributed by atoms with Crippen LogP contribution >= 0.6 is 0 Å². The molecule has 0 aliphatic heterocycles. The molecular weight excluding hydrogens is 95.0 g/mol. The number of carboxylic acids is 1. The number of nitriles is 1. The van der Waals surface area contributed by atoms with Crippen molar-refractivity contribution in [2.24, 2.45) is 0 Å². The van der Waals surface area contributed by atoms with E-state index in [9.17, 15) is 4.79 Å². The maximum atomic E-state index is 9.43. The van der Waals surface area contributed by atoms with Crippen LogP contribution in [-0.4, -0.2) is 11.1 Å². The molecule has 0 rings (SSSR count). The fraction of sp³-hybridized carbons (Fsp3) is 0. The maximum Gasteiger partial charge on any atom is 0.382 e. The molecule has 0 amide bonds. The second kappa shape index (κ2) is 2.74. The minimum atomic E-state index is -1.28. The highest BCUT2D eigenvalue weighted by atomic mass is 16.4. The van der Waals surface area contributed by atoms with Crippen molar-refractivity contribution < 1.29 is 9.90 Å². The maximum absolute atomic E-state index is 9.43. The van der Waals surface area contributed by atoms with Crippen molar-refractivity contribution in [3.8, 4) is 17.9 Å². The lowest BCUT2D eigenvalue weighted by Gasteiger charge is -1.61. The van der Waals surface area contributed by atoms with Gasteiger partial charge in [0.2, 0.25) is 0 Å². The minimum Gasteiger partial charge on any atom is -0.472 e. The largest absolute Gasteiger partial charge is 0.472 e. The molecule has 3 nitrogen and oxygen atoms in total. The second-order valence-electron chi connectivity index (χ2n) is 0.667. The van der Waals surface area contributed by atoms with Gasteiger partial charge in [0.25, 0.3) is 0 Å². The van der Waals surface area contributed by atoms with Crippen LogP contribution in [0.2, 0.25) is 0 Å². The Labute approximate surface area is 40.2 Å². The quantitative estimate of drug-likeness (QED) is 0.329. The lowest BCUT2D eigenvalue weighted by Crippen LogP contribution is -1.85. The van der Waals surface area contributed by atoms with Gasteiger partial charge in [-0.25, -0.2) is 4.79 Å². The minimum absolute atomic E-state index is 1.28. The Kier molecular flexibility index (Phi) is 2.16. The van der Waals surface area contributed by atoms with Gasteiger partial charge < -0.3 is 5.11 Å². The summed E-state index contributed by atoms with van der Waals surface area (Å²) in [6, 6.07) is 1.36. The van der Waals surface area contributed by atoms with Crippen LogP contribution < -0.4 is 0 Å². The van der Waals surface area contributed by atoms with Gasteiger partial charge in [-0.1, -0.05) is 0 Å². The molecule has 0 bridgehead atoms. The topological polar surface area (TPSA) is 61.1 Å². The van der Waals surface area contributed by atoms with Crippen LogP contribution in [0.5, 0.6) is 0 Å². The van der Waals surface area contributed by atoms with Crippen LogP contribution in [0.1, 0.15) is 0 Å². The molecule has 0 unspecified atom stereocenters. The fourth-order valence-corrected chi connectivity index (χ4v) is 0.0814. The summed E-state index contributed by atoms with van der Waals surface area (Å²) in [4.78, 5) is 9.43. The van der Waals surface area contributed by atoms with Gasteiger partial charge in [-0.2, -0.15) is 5.26 Å². The molecule has 0 aliphatic carbocycles. The zero-order valence-corrected chi connectivity index (χ0v) is 3.30. The molecule has 0 aromatic rings.